The molecule has 0 saturated heterocycles. The van der Waals surface area contributed by atoms with Crippen LogP contribution in [0, 0.1) is 0 Å². The van der Waals surface area contributed by atoms with Crippen LogP contribution in [0.15, 0.2) is 28.5 Å². The van der Waals surface area contributed by atoms with Gasteiger partial charge in [0.05, 0.1) is 12.8 Å². The summed E-state index contributed by atoms with van der Waals surface area (Å²) in [6.07, 6.45) is 5.94. The first-order valence-electron chi connectivity index (χ1n) is 3.06. The topological polar surface area (TPSA) is 52.8 Å². The van der Waals surface area contributed by atoms with Crippen molar-refractivity contribution >= 4 is 6.21 Å². The molecule has 0 aromatic rings. The third-order valence-electron chi connectivity index (χ3n) is 1.44. The van der Waals surface area contributed by atoms with E-state index in [0.717, 1.165) is 17.6 Å². The lowest BCUT2D eigenvalue weighted by Crippen LogP contribution is -1.92. The number of hydrogen-bond acceptors (Lipinski definition) is 3. The Morgan fingerprint density at radius 1 is 1.60 bits per heavy atom. The molecule has 0 aromatic heterocycles. The summed E-state index contributed by atoms with van der Waals surface area (Å²) in [6.45, 7) is 0.0118. The average molecular weight is 139 g/mol. The first-order valence-corrected chi connectivity index (χ1v) is 3.06. The number of allylic oxidation sites excluding steroid dienone is 2. The second-order valence-corrected chi connectivity index (χ2v) is 2.03. The van der Waals surface area contributed by atoms with Crippen LogP contribution in [0.1, 0.15) is 6.42 Å². The summed E-state index contributed by atoms with van der Waals surface area (Å²) in [5.74, 6) is 0. The fraction of sp³-hybridized carbons (Fsp3) is 0.286. The number of oxime groups is 1. The van der Waals surface area contributed by atoms with Crippen molar-refractivity contribution in [2.75, 3.05) is 6.61 Å². The molecule has 0 fully saturated rings. The molecule has 3 heteroatoms. The highest BCUT2D eigenvalue weighted by Gasteiger charge is 2.05. The number of rotatable bonds is 2. The molecule has 0 spiro atoms. The second kappa shape index (κ2) is 3.17. The summed E-state index contributed by atoms with van der Waals surface area (Å²) in [7, 11) is 0. The van der Waals surface area contributed by atoms with Crippen LogP contribution in [-0.4, -0.2) is 23.1 Å². The van der Waals surface area contributed by atoms with Crippen molar-refractivity contribution in [2.24, 2.45) is 5.16 Å². The Kier molecular flexibility index (Phi) is 2.23. The van der Waals surface area contributed by atoms with Crippen LogP contribution in [0.3, 0.4) is 0 Å². The Morgan fingerprint density at radius 2 is 2.40 bits per heavy atom. The number of aliphatic hydroxyl groups excluding tert-OH is 1. The fourth-order valence-electron chi connectivity index (χ4n) is 0.931. The summed E-state index contributed by atoms with van der Waals surface area (Å²) in [5, 5.41) is 19.7. The van der Waals surface area contributed by atoms with E-state index < -0.39 is 0 Å². The molecular formula is C7H9NO2. The van der Waals surface area contributed by atoms with Gasteiger partial charge in [0.15, 0.2) is 0 Å². The summed E-state index contributed by atoms with van der Waals surface area (Å²) in [4.78, 5) is 0. The molecule has 1 aliphatic rings. The van der Waals surface area contributed by atoms with Crippen LogP contribution in [0.5, 0.6) is 0 Å². The molecule has 0 atom stereocenters. The van der Waals surface area contributed by atoms with Crippen LogP contribution in [-0.2, 0) is 0 Å². The van der Waals surface area contributed by atoms with Crippen molar-refractivity contribution in [1.82, 2.24) is 0 Å². The SMILES string of the molecule is OCC1=CCC=C1/C=N/O. The minimum atomic E-state index is 0.0118. The zero-order valence-corrected chi connectivity index (χ0v) is 5.49. The Labute approximate surface area is 59.0 Å². The predicted octanol–water partition coefficient (Wildman–Crippen LogP) is 0.695. The highest BCUT2D eigenvalue weighted by Crippen LogP contribution is 2.15. The van der Waals surface area contributed by atoms with Gasteiger partial charge in [-0.3, -0.25) is 0 Å². The molecule has 54 valence electrons. The maximum atomic E-state index is 8.71. The molecule has 0 radical (unpaired) electrons. The van der Waals surface area contributed by atoms with E-state index in [0.29, 0.717) is 0 Å². The predicted molar refractivity (Wildman–Crippen MR) is 38.1 cm³/mol. The molecule has 2 N–H and O–H groups in total. The van der Waals surface area contributed by atoms with Gasteiger partial charge in [-0.05, 0) is 17.6 Å². The van der Waals surface area contributed by atoms with Gasteiger partial charge in [0.25, 0.3) is 0 Å². The van der Waals surface area contributed by atoms with E-state index in [1.54, 1.807) is 0 Å². The zero-order valence-electron chi connectivity index (χ0n) is 5.49. The maximum absolute atomic E-state index is 8.71. The van der Waals surface area contributed by atoms with Gasteiger partial charge >= 0.3 is 0 Å². The number of aliphatic hydroxyl groups is 1. The van der Waals surface area contributed by atoms with E-state index in [1.807, 2.05) is 12.2 Å². The molecule has 0 amide bonds. The van der Waals surface area contributed by atoms with Gasteiger partial charge in [0.1, 0.15) is 0 Å². The molecule has 0 heterocycles. The normalized spacial score (nSPS) is 17.7. The molecule has 10 heavy (non-hydrogen) atoms. The largest absolute Gasteiger partial charge is 0.411 e. The molecule has 3 nitrogen and oxygen atoms in total. The van der Waals surface area contributed by atoms with E-state index in [4.69, 9.17) is 10.3 Å². The van der Waals surface area contributed by atoms with E-state index in [-0.39, 0.29) is 6.61 Å². The van der Waals surface area contributed by atoms with Crippen molar-refractivity contribution in [1.29, 1.82) is 0 Å². The molecule has 0 aromatic carbocycles. The van der Waals surface area contributed by atoms with Crippen LogP contribution < -0.4 is 0 Å². The minimum absolute atomic E-state index is 0.0118. The Hall–Kier alpha value is -1.09. The summed E-state index contributed by atoms with van der Waals surface area (Å²) >= 11 is 0. The lowest BCUT2D eigenvalue weighted by atomic mass is 10.2. The molecule has 0 unspecified atom stereocenters. The van der Waals surface area contributed by atoms with E-state index in [2.05, 4.69) is 5.16 Å². The Bertz CT molecular complexity index is 204. The van der Waals surface area contributed by atoms with Crippen LogP contribution in [0.2, 0.25) is 0 Å². The second-order valence-electron chi connectivity index (χ2n) is 2.03. The van der Waals surface area contributed by atoms with Crippen molar-refractivity contribution in [3.63, 3.8) is 0 Å². The van der Waals surface area contributed by atoms with Crippen molar-refractivity contribution in [3.8, 4) is 0 Å². The summed E-state index contributed by atoms with van der Waals surface area (Å²) < 4.78 is 0. The fourth-order valence-corrected chi connectivity index (χ4v) is 0.931. The molecule has 0 bridgehead atoms. The van der Waals surface area contributed by atoms with Gasteiger partial charge in [-0.15, -0.1) is 0 Å². The van der Waals surface area contributed by atoms with E-state index in [1.165, 1.54) is 6.21 Å². The number of nitrogens with zero attached hydrogens (tertiary/aromatic N) is 1. The Balaban J connectivity index is 2.69. The summed E-state index contributed by atoms with van der Waals surface area (Å²) in [6, 6.07) is 0. The quantitative estimate of drug-likeness (QED) is 0.336. The van der Waals surface area contributed by atoms with E-state index >= 15 is 0 Å². The first kappa shape index (κ1) is 7.02. The van der Waals surface area contributed by atoms with Crippen molar-refractivity contribution < 1.29 is 10.3 Å². The standard InChI is InChI=1S/C7H9NO2/c9-5-7-3-1-2-6(7)4-8-10/h2-4,9-10H,1,5H2/b8-4+. The first-order chi connectivity index (χ1) is 4.88. The van der Waals surface area contributed by atoms with Crippen LogP contribution in [0.25, 0.3) is 0 Å². The van der Waals surface area contributed by atoms with Gasteiger partial charge in [-0.1, -0.05) is 17.3 Å². The minimum Gasteiger partial charge on any atom is -0.411 e. The average Bonchev–Trinajstić information content (AvgIpc) is 2.36. The molecule has 0 aliphatic heterocycles. The van der Waals surface area contributed by atoms with Gasteiger partial charge < -0.3 is 10.3 Å². The highest BCUT2D eigenvalue weighted by molar-refractivity contribution is 5.85. The molecular weight excluding hydrogens is 130 g/mol. The molecule has 1 aliphatic carbocycles. The van der Waals surface area contributed by atoms with Crippen LogP contribution in [0.4, 0.5) is 0 Å². The summed E-state index contributed by atoms with van der Waals surface area (Å²) in [5.41, 5.74) is 1.64. The monoisotopic (exact) mass is 139 g/mol. The zero-order chi connectivity index (χ0) is 7.40. The third kappa shape index (κ3) is 1.25. The number of hydrogen-bond donors (Lipinski definition) is 2. The third-order valence-corrected chi connectivity index (χ3v) is 1.44. The van der Waals surface area contributed by atoms with Gasteiger partial charge in [-0.2, -0.15) is 0 Å². The Morgan fingerprint density at radius 3 is 3.00 bits per heavy atom. The smallest absolute Gasteiger partial charge is 0.0734 e. The molecule has 1 rings (SSSR count). The van der Waals surface area contributed by atoms with E-state index in [9.17, 15) is 0 Å². The molecule has 0 saturated carbocycles. The maximum Gasteiger partial charge on any atom is 0.0734 e. The van der Waals surface area contributed by atoms with Crippen molar-refractivity contribution in [3.05, 3.63) is 23.3 Å². The van der Waals surface area contributed by atoms with Gasteiger partial charge in [0, 0.05) is 0 Å². The van der Waals surface area contributed by atoms with Crippen molar-refractivity contribution in [2.45, 2.75) is 6.42 Å². The van der Waals surface area contributed by atoms with Gasteiger partial charge in [0.2, 0.25) is 0 Å². The van der Waals surface area contributed by atoms with Gasteiger partial charge in [-0.25, -0.2) is 0 Å². The lowest BCUT2D eigenvalue weighted by Gasteiger charge is -1.95. The van der Waals surface area contributed by atoms with Crippen LogP contribution >= 0.6 is 0 Å². The highest BCUT2D eigenvalue weighted by atomic mass is 16.4. The lowest BCUT2D eigenvalue weighted by molar-refractivity contribution is 0.321.